The number of nitrogens with two attached hydrogens (primary N) is 1. The van der Waals surface area contributed by atoms with Gasteiger partial charge in [-0.1, -0.05) is 0 Å². The van der Waals surface area contributed by atoms with E-state index < -0.39 is 51.5 Å². The van der Waals surface area contributed by atoms with Crippen molar-refractivity contribution in [2.45, 2.75) is 30.8 Å². The van der Waals surface area contributed by atoms with Crippen molar-refractivity contribution in [1.29, 1.82) is 0 Å². The monoisotopic (exact) mass is 495 g/mol. The fourth-order valence-corrected chi connectivity index (χ4v) is 4.89. The average Bonchev–Trinajstić information content (AvgIpc) is 2.81. The highest BCUT2D eigenvalue weighted by Gasteiger charge is 2.34. The molecule has 3 rings (SSSR count). The zero-order valence-corrected chi connectivity index (χ0v) is 19.0. The van der Waals surface area contributed by atoms with Gasteiger partial charge in [-0.25, -0.2) is 17.2 Å². The van der Waals surface area contributed by atoms with Crippen LogP contribution in [0.15, 0.2) is 47.4 Å². The molecule has 0 aromatic heterocycles. The third-order valence-corrected chi connectivity index (χ3v) is 7.31. The fraction of sp³-hybridized carbons (Fsp3) is 0.318. The van der Waals surface area contributed by atoms with Crippen LogP contribution in [0.25, 0.3) is 0 Å². The Hall–Kier alpha value is -3.38. The number of rotatable bonds is 7. The molecule has 34 heavy (non-hydrogen) atoms. The zero-order valence-electron chi connectivity index (χ0n) is 18.2. The second-order valence-corrected chi connectivity index (χ2v) is 9.70. The van der Waals surface area contributed by atoms with Crippen LogP contribution in [-0.4, -0.2) is 49.7 Å². The molecule has 12 heteroatoms. The molecule has 1 atom stereocenters. The molecule has 0 radical (unpaired) electrons. The molecule has 1 fully saturated rings. The maximum atomic E-state index is 13.4. The Balaban J connectivity index is 1.53. The van der Waals surface area contributed by atoms with Gasteiger partial charge >= 0.3 is 5.97 Å². The standard InChI is InChI=1S/C22H23F2N3O6S/c1-13(21(29)26-16-4-2-14(3-5-16)20(25)28)33-22(30)15-8-10-27(11-9-15)34(31,32)17-6-7-18(23)19(24)12-17/h2-7,12-13,15H,8-11H2,1H3,(H2,25,28)(H,26,29)/t13-/m1/s1. The summed E-state index contributed by atoms with van der Waals surface area (Å²) in [7, 11) is -4.05. The number of amides is 2. The molecule has 1 heterocycles. The summed E-state index contributed by atoms with van der Waals surface area (Å²) in [6.45, 7) is 1.36. The zero-order chi connectivity index (χ0) is 25.0. The lowest BCUT2D eigenvalue weighted by molar-refractivity contribution is -0.158. The van der Waals surface area contributed by atoms with Crippen LogP contribution in [0.5, 0.6) is 0 Å². The Bertz CT molecular complexity index is 1200. The average molecular weight is 496 g/mol. The van der Waals surface area contributed by atoms with E-state index in [1.165, 1.54) is 31.2 Å². The van der Waals surface area contributed by atoms with Crippen molar-refractivity contribution in [2.24, 2.45) is 11.7 Å². The summed E-state index contributed by atoms with van der Waals surface area (Å²) in [6.07, 6.45) is -0.831. The first-order chi connectivity index (χ1) is 16.0. The van der Waals surface area contributed by atoms with Crippen molar-refractivity contribution >= 4 is 33.5 Å². The number of piperidine rings is 1. The van der Waals surface area contributed by atoms with Crippen LogP contribution >= 0.6 is 0 Å². The first kappa shape index (κ1) is 25.2. The lowest BCUT2D eigenvalue weighted by Gasteiger charge is -2.30. The molecule has 0 saturated carbocycles. The fourth-order valence-electron chi connectivity index (χ4n) is 3.40. The van der Waals surface area contributed by atoms with E-state index in [0.717, 1.165) is 16.4 Å². The highest BCUT2D eigenvalue weighted by Crippen LogP contribution is 2.26. The van der Waals surface area contributed by atoms with Crippen LogP contribution in [0, 0.1) is 17.6 Å². The van der Waals surface area contributed by atoms with Crippen molar-refractivity contribution in [3.05, 3.63) is 59.7 Å². The van der Waals surface area contributed by atoms with E-state index in [4.69, 9.17) is 10.5 Å². The van der Waals surface area contributed by atoms with E-state index in [2.05, 4.69) is 5.32 Å². The van der Waals surface area contributed by atoms with E-state index in [1.807, 2.05) is 0 Å². The maximum absolute atomic E-state index is 13.4. The molecule has 2 aromatic rings. The molecular weight excluding hydrogens is 472 g/mol. The number of hydrogen-bond donors (Lipinski definition) is 2. The van der Waals surface area contributed by atoms with Gasteiger partial charge in [0.1, 0.15) is 0 Å². The van der Waals surface area contributed by atoms with Gasteiger partial charge in [-0.15, -0.1) is 0 Å². The number of ether oxygens (including phenoxy) is 1. The third kappa shape index (κ3) is 5.75. The number of benzene rings is 2. The number of primary amides is 1. The molecule has 9 nitrogen and oxygen atoms in total. The molecular formula is C22H23F2N3O6S. The largest absolute Gasteiger partial charge is 0.452 e. The number of nitrogens with zero attached hydrogens (tertiary/aromatic N) is 1. The molecule has 0 aliphatic carbocycles. The normalized spacial score (nSPS) is 16.0. The topological polar surface area (TPSA) is 136 Å². The number of halogens is 2. The van der Waals surface area contributed by atoms with Crippen LogP contribution in [0.3, 0.4) is 0 Å². The van der Waals surface area contributed by atoms with Gasteiger partial charge in [0.25, 0.3) is 5.91 Å². The molecule has 0 unspecified atom stereocenters. The van der Waals surface area contributed by atoms with Crippen LogP contribution in [0.4, 0.5) is 14.5 Å². The van der Waals surface area contributed by atoms with Crippen molar-refractivity contribution in [3.63, 3.8) is 0 Å². The Morgan fingerprint density at radius 3 is 2.24 bits per heavy atom. The summed E-state index contributed by atoms with van der Waals surface area (Å²) in [5, 5.41) is 2.56. The van der Waals surface area contributed by atoms with E-state index in [1.54, 1.807) is 0 Å². The van der Waals surface area contributed by atoms with E-state index in [-0.39, 0.29) is 36.4 Å². The second kappa shape index (κ2) is 10.3. The van der Waals surface area contributed by atoms with Crippen molar-refractivity contribution in [2.75, 3.05) is 18.4 Å². The molecule has 0 bridgehead atoms. The van der Waals surface area contributed by atoms with Crippen molar-refractivity contribution in [3.8, 4) is 0 Å². The Kier molecular flexibility index (Phi) is 7.62. The number of anilines is 1. The minimum atomic E-state index is -4.05. The predicted molar refractivity (Wildman–Crippen MR) is 117 cm³/mol. The van der Waals surface area contributed by atoms with Crippen molar-refractivity contribution in [1.82, 2.24) is 4.31 Å². The molecule has 1 aliphatic rings. The van der Waals surface area contributed by atoms with E-state index >= 15 is 0 Å². The number of sulfonamides is 1. The summed E-state index contributed by atoms with van der Waals surface area (Å²) in [5.41, 5.74) is 5.82. The van der Waals surface area contributed by atoms with Gasteiger partial charge in [-0.3, -0.25) is 14.4 Å². The highest BCUT2D eigenvalue weighted by molar-refractivity contribution is 7.89. The third-order valence-electron chi connectivity index (χ3n) is 5.42. The SMILES string of the molecule is C[C@@H](OC(=O)C1CCN(S(=O)(=O)c2ccc(F)c(F)c2)CC1)C(=O)Nc1ccc(C(N)=O)cc1. The minimum absolute atomic E-state index is 0.0200. The number of nitrogens with one attached hydrogen (secondary N) is 1. The lowest BCUT2D eigenvalue weighted by atomic mass is 9.98. The molecule has 182 valence electrons. The van der Waals surface area contributed by atoms with Gasteiger partial charge in [0.15, 0.2) is 17.7 Å². The van der Waals surface area contributed by atoms with Crippen LogP contribution in [0.2, 0.25) is 0 Å². The van der Waals surface area contributed by atoms with Gasteiger partial charge in [-0.2, -0.15) is 4.31 Å². The predicted octanol–water partition coefficient (Wildman–Crippen LogP) is 2.03. The lowest BCUT2D eigenvalue weighted by Crippen LogP contribution is -2.41. The summed E-state index contributed by atoms with van der Waals surface area (Å²) in [4.78, 5) is 35.5. The maximum Gasteiger partial charge on any atom is 0.309 e. The van der Waals surface area contributed by atoms with Gasteiger partial charge in [0, 0.05) is 24.3 Å². The van der Waals surface area contributed by atoms with Crippen LogP contribution in [0.1, 0.15) is 30.1 Å². The smallest absolute Gasteiger partial charge is 0.309 e. The summed E-state index contributed by atoms with van der Waals surface area (Å²) >= 11 is 0. The Morgan fingerprint density at radius 2 is 1.68 bits per heavy atom. The van der Waals surface area contributed by atoms with Gasteiger partial charge in [0.2, 0.25) is 15.9 Å². The number of hydrogen-bond acceptors (Lipinski definition) is 6. The first-order valence-corrected chi connectivity index (χ1v) is 11.8. The Labute approximate surface area is 194 Å². The molecule has 2 aromatic carbocycles. The van der Waals surface area contributed by atoms with Gasteiger partial charge in [0.05, 0.1) is 10.8 Å². The van der Waals surface area contributed by atoms with Crippen molar-refractivity contribution < 1.29 is 36.3 Å². The van der Waals surface area contributed by atoms with E-state index in [9.17, 15) is 31.6 Å². The Morgan fingerprint density at radius 1 is 1.06 bits per heavy atom. The van der Waals surface area contributed by atoms with E-state index in [0.29, 0.717) is 11.8 Å². The second-order valence-electron chi connectivity index (χ2n) is 7.76. The quantitative estimate of drug-likeness (QED) is 0.564. The number of esters is 1. The van der Waals surface area contributed by atoms with Gasteiger partial charge in [-0.05, 0) is 62.2 Å². The highest BCUT2D eigenvalue weighted by atomic mass is 32.2. The minimum Gasteiger partial charge on any atom is -0.452 e. The molecule has 1 aliphatic heterocycles. The summed E-state index contributed by atoms with van der Waals surface area (Å²) in [5.74, 6) is -4.88. The molecule has 3 N–H and O–H groups in total. The number of carbonyl (C=O) groups excluding carboxylic acids is 3. The summed E-state index contributed by atoms with van der Waals surface area (Å²) < 4.78 is 58.2. The van der Waals surface area contributed by atoms with Crippen LogP contribution in [-0.2, 0) is 24.3 Å². The first-order valence-electron chi connectivity index (χ1n) is 10.4. The molecule has 0 spiro atoms. The molecule has 2 amide bonds. The van der Waals surface area contributed by atoms with Crippen LogP contribution < -0.4 is 11.1 Å². The van der Waals surface area contributed by atoms with Gasteiger partial charge < -0.3 is 15.8 Å². The molecule has 1 saturated heterocycles. The number of carbonyl (C=O) groups is 3. The summed E-state index contributed by atoms with van der Waals surface area (Å²) in [6, 6.07) is 8.19.